The lowest BCUT2D eigenvalue weighted by molar-refractivity contribution is 0.176. The van der Waals surface area contributed by atoms with Crippen molar-refractivity contribution in [3.8, 4) is 0 Å². The Labute approximate surface area is 103 Å². The Hall–Kier alpha value is -1.06. The smallest absolute Gasteiger partial charge is 0.174 e. The maximum atomic E-state index is 10.0. The van der Waals surface area contributed by atoms with Crippen LogP contribution in [0, 0.1) is 6.92 Å². The highest BCUT2D eigenvalue weighted by Gasteiger charge is 2.13. The zero-order chi connectivity index (χ0) is 11.5. The Balaban J connectivity index is 2.10. The summed E-state index contributed by atoms with van der Waals surface area (Å²) in [7, 11) is 0. The number of furan rings is 1. The zero-order valence-electron chi connectivity index (χ0n) is 8.98. The van der Waals surface area contributed by atoms with Gasteiger partial charge in [-0.05, 0) is 34.5 Å². The highest BCUT2D eigenvalue weighted by Crippen LogP contribution is 2.26. The van der Waals surface area contributed by atoms with Crippen LogP contribution in [0.25, 0.3) is 0 Å². The van der Waals surface area contributed by atoms with Gasteiger partial charge in [-0.3, -0.25) is 0 Å². The molecule has 0 amide bonds. The Kier molecular flexibility index (Phi) is 3.46. The molecule has 0 radical (unpaired) electrons. The summed E-state index contributed by atoms with van der Waals surface area (Å²) in [6.07, 6.45) is 1.63. The maximum absolute atomic E-state index is 10.0. The number of hydrogen-bond acceptors (Lipinski definition) is 2. The fourth-order valence-corrected chi connectivity index (χ4v) is 2.10. The van der Waals surface area contributed by atoms with Crippen LogP contribution in [-0.2, 0) is 6.42 Å². The van der Waals surface area contributed by atoms with Crippen molar-refractivity contribution in [3.05, 3.63) is 58.0 Å². The summed E-state index contributed by atoms with van der Waals surface area (Å²) in [5.74, 6) is 0. The third kappa shape index (κ3) is 2.54. The molecule has 1 heterocycles. The molecule has 0 aliphatic carbocycles. The van der Waals surface area contributed by atoms with Crippen LogP contribution in [-0.4, -0.2) is 5.11 Å². The van der Waals surface area contributed by atoms with Crippen molar-refractivity contribution in [3.63, 3.8) is 0 Å². The molecular formula is C13H13BrO2. The van der Waals surface area contributed by atoms with E-state index in [0.29, 0.717) is 11.1 Å². The van der Waals surface area contributed by atoms with Crippen LogP contribution in [0.3, 0.4) is 0 Å². The standard InChI is InChI=1S/C13H13BrO2/c1-9-2-4-10(5-3-9)8-12(15)11-6-7-16-13(11)14/h2-7,12,15H,8H2,1H3. The Morgan fingerprint density at radius 1 is 1.25 bits per heavy atom. The van der Waals surface area contributed by atoms with E-state index < -0.39 is 6.10 Å². The van der Waals surface area contributed by atoms with Gasteiger partial charge in [-0.2, -0.15) is 0 Å². The molecule has 0 aliphatic heterocycles. The quantitative estimate of drug-likeness (QED) is 0.932. The van der Waals surface area contributed by atoms with Crippen LogP contribution in [0.4, 0.5) is 0 Å². The largest absolute Gasteiger partial charge is 0.457 e. The predicted molar refractivity (Wildman–Crippen MR) is 66.3 cm³/mol. The minimum Gasteiger partial charge on any atom is -0.457 e. The van der Waals surface area contributed by atoms with E-state index in [4.69, 9.17) is 4.42 Å². The molecule has 1 aromatic heterocycles. The van der Waals surface area contributed by atoms with Gasteiger partial charge >= 0.3 is 0 Å². The maximum Gasteiger partial charge on any atom is 0.174 e. The molecule has 1 unspecified atom stereocenters. The molecule has 0 spiro atoms. The van der Waals surface area contributed by atoms with Gasteiger partial charge in [0.2, 0.25) is 0 Å². The minimum atomic E-state index is -0.532. The van der Waals surface area contributed by atoms with Gasteiger partial charge in [0.1, 0.15) is 0 Å². The van der Waals surface area contributed by atoms with Gasteiger partial charge in [0.15, 0.2) is 4.67 Å². The van der Waals surface area contributed by atoms with Crippen LogP contribution >= 0.6 is 15.9 Å². The highest BCUT2D eigenvalue weighted by atomic mass is 79.9. The topological polar surface area (TPSA) is 33.4 Å². The van der Waals surface area contributed by atoms with Crippen LogP contribution in [0.15, 0.2) is 45.7 Å². The van der Waals surface area contributed by atoms with E-state index in [1.807, 2.05) is 31.2 Å². The summed E-state index contributed by atoms with van der Waals surface area (Å²) in [4.78, 5) is 0. The van der Waals surface area contributed by atoms with E-state index in [1.54, 1.807) is 12.3 Å². The lowest BCUT2D eigenvalue weighted by atomic mass is 10.0. The Morgan fingerprint density at radius 3 is 2.50 bits per heavy atom. The van der Waals surface area contributed by atoms with Gasteiger partial charge in [0.25, 0.3) is 0 Å². The predicted octanol–water partition coefficient (Wildman–Crippen LogP) is 3.63. The number of aliphatic hydroxyl groups is 1. The summed E-state index contributed by atoms with van der Waals surface area (Å²) >= 11 is 3.27. The van der Waals surface area contributed by atoms with Gasteiger partial charge in [0, 0.05) is 12.0 Å². The molecule has 1 aromatic carbocycles. The highest BCUT2D eigenvalue weighted by molar-refractivity contribution is 9.10. The number of halogens is 1. The molecule has 1 N–H and O–H groups in total. The van der Waals surface area contributed by atoms with Gasteiger partial charge in [-0.1, -0.05) is 29.8 Å². The first-order valence-electron chi connectivity index (χ1n) is 5.13. The minimum absolute atomic E-state index is 0.532. The van der Waals surface area contributed by atoms with E-state index in [0.717, 1.165) is 11.1 Å². The molecule has 3 heteroatoms. The number of benzene rings is 1. The van der Waals surface area contributed by atoms with Crippen molar-refractivity contribution in [1.29, 1.82) is 0 Å². The van der Waals surface area contributed by atoms with Crippen molar-refractivity contribution in [2.45, 2.75) is 19.4 Å². The third-order valence-corrected chi connectivity index (χ3v) is 3.20. The van der Waals surface area contributed by atoms with Crippen molar-refractivity contribution in [2.75, 3.05) is 0 Å². The molecule has 2 rings (SSSR count). The lowest BCUT2D eigenvalue weighted by Gasteiger charge is -2.09. The fraction of sp³-hybridized carbons (Fsp3) is 0.231. The monoisotopic (exact) mass is 280 g/mol. The average molecular weight is 281 g/mol. The fourth-order valence-electron chi connectivity index (χ4n) is 1.60. The van der Waals surface area contributed by atoms with E-state index in [9.17, 15) is 5.11 Å². The van der Waals surface area contributed by atoms with Crippen molar-refractivity contribution in [1.82, 2.24) is 0 Å². The van der Waals surface area contributed by atoms with Crippen molar-refractivity contribution in [2.24, 2.45) is 0 Å². The van der Waals surface area contributed by atoms with E-state index in [1.165, 1.54) is 5.56 Å². The molecule has 1 atom stereocenters. The van der Waals surface area contributed by atoms with Crippen LogP contribution in [0.2, 0.25) is 0 Å². The van der Waals surface area contributed by atoms with E-state index in [-0.39, 0.29) is 0 Å². The van der Waals surface area contributed by atoms with Crippen LogP contribution in [0.5, 0.6) is 0 Å². The van der Waals surface area contributed by atoms with Gasteiger partial charge in [0.05, 0.1) is 12.4 Å². The summed E-state index contributed by atoms with van der Waals surface area (Å²) in [5.41, 5.74) is 3.13. The molecule has 16 heavy (non-hydrogen) atoms. The van der Waals surface area contributed by atoms with Crippen LogP contribution in [0.1, 0.15) is 22.8 Å². The van der Waals surface area contributed by atoms with Gasteiger partial charge < -0.3 is 9.52 Å². The molecule has 0 aliphatic rings. The summed E-state index contributed by atoms with van der Waals surface area (Å²) in [6.45, 7) is 2.05. The average Bonchev–Trinajstić information content (AvgIpc) is 2.68. The summed E-state index contributed by atoms with van der Waals surface area (Å²) in [6, 6.07) is 9.95. The molecule has 2 nitrogen and oxygen atoms in total. The van der Waals surface area contributed by atoms with Crippen molar-refractivity contribution >= 4 is 15.9 Å². The first-order chi connectivity index (χ1) is 7.66. The molecular weight excluding hydrogens is 268 g/mol. The van der Waals surface area contributed by atoms with E-state index >= 15 is 0 Å². The second-order valence-corrected chi connectivity index (χ2v) is 4.58. The molecule has 0 saturated carbocycles. The van der Waals surface area contributed by atoms with Gasteiger partial charge in [-0.25, -0.2) is 0 Å². The Morgan fingerprint density at radius 2 is 1.94 bits per heavy atom. The second-order valence-electron chi connectivity index (χ2n) is 3.86. The molecule has 2 aromatic rings. The summed E-state index contributed by atoms with van der Waals surface area (Å²) in [5, 5.41) is 10.0. The first kappa shape index (κ1) is 11.4. The number of aryl methyl sites for hydroxylation is 1. The summed E-state index contributed by atoms with van der Waals surface area (Å²) < 4.78 is 5.70. The second kappa shape index (κ2) is 4.85. The molecule has 84 valence electrons. The Bertz CT molecular complexity index is 459. The molecule has 0 saturated heterocycles. The van der Waals surface area contributed by atoms with Crippen molar-refractivity contribution < 1.29 is 9.52 Å². The van der Waals surface area contributed by atoms with Crippen LogP contribution < -0.4 is 0 Å². The van der Waals surface area contributed by atoms with Gasteiger partial charge in [-0.15, -0.1) is 0 Å². The normalized spacial score (nSPS) is 12.7. The number of rotatable bonds is 3. The number of aliphatic hydroxyl groups excluding tert-OH is 1. The first-order valence-corrected chi connectivity index (χ1v) is 5.92. The lowest BCUT2D eigenvalue weighted by Crippen LogP contribution is -2.01. The zero-order valence-corrected chi connectivity index (χ0v) is 10.6. The SMILES string of the molecule is Cc1ccc(CC(O)c2ccoc2Br)cc1. The molecule has 0 fully saturated rings. The third-order valence-electron chi connectivity index (χ3n) is 2.55. The van der Waals surface area contributed by atoms with E-state index in [2.05, 4.69) is 15.9 Å². The molecule has 0 bridgehead atoms. The number of hydrogen-bond donors (Lipinski definition) is 1.